The van der Waals surface area contributed by atoms with Crippen LogP contribution in [0.4, 0.5) is 5.13 Å². The molecule has 9 nitrogen and oxygen atoms in total. The summed E-state index contributed by atoms with van der Waals surface area (Å²) in [6.45, 7) is 1.88. The molecule has 4 heterocycles. The van der Waals surface area contributed by atoms with Crippen LogP contribution in [-0.4, -0.2) is 36.5 Å². The first-order valence-corrected chi connectivity index (χ1v) is 10.4. The molecule has 10 heteroatoms. The number of amides is 2. The molecule has 0 radical (unpaired) electrons. The molecule has 1 saturated carbocycles. The molecule has 0 unspecified atom stereocenters. The number of aromatic amines is 1. The lowest BCUT2D eigenvalue weighted by Crippen LogP contribution is -2.13. The third kappa shape index (κ3) is 3.14. The molecule has 0 bridgehead atoms. The first-order chi connectivity index (χ1) is 14.4. The Morgan fingerprint density at radius 1 is 1.30 bits per heavy atom. The van der Waals surface area contributed by atoms with Gasteiger partial charge in [0.1, 0.15) is 5.69 Å². The van der Waals surface area contributed by atoms with Crippen LogP contribution in [0.5, 0.6) is 0 Å². The van der Waals surface area contributed by atoms with E-state index in [9.17, 15) is 9.59 Å². The predicted molar refractivity (Wildman–Crippen MR) is 114 cm³/mol. The van der Waals surface area contributed by atoms with Crippen molar-refractivity contribution in [2.24, 2.45) is 12.8 Å². The normalized spacial score (nSPS) is 13.7. The molecule has 4 aromatic rings. The summed E-state index contributed by atoms with van der Waals surface area (Å²) < 4.78 is 1.72. The molecule has 0 aromatic carbocycles. The van der Waals surface area contributed by atoms with Crippen molar-refractivity contribution in [2.75, 3.05) is 5.32 Å². The Morgan fingerprint density at radius 2 is 2.10 bits per heavy atom. The molecular formula is C20H19N7O2S. The lowest BCUT2D eigenvalue weighted by atomic mass is 10.1. The molecule has 1 aliphatic carbocycles. The predicted octanol–water partition coefficient (Wildman–Crippen LogP) is 2.96. The van der Waals surface area contributed by atoms with Crippen LogP contribution in [0, 0.1) is 6.92 Å². The van der Waals surface area contributed by atoms with Crippen molar-refractivity contribution in [1.29, 1.82) is 0 Å². The molecular weight excluding hydrogens is 402 g/mol. The van der Waals surface area contributed by atoms with Gasteiger partial charge in [-0.3, -0.25) is 19.6 Å². The topological polar surface area (TPSA) is 132 Å². The zero-order valence-corrected chi connectivity index (χ0v) is 17.2. The Balaban J connectivity index is 1.46. The van der Waals surface area contributed by atoms with Crippen molar-refractivity contribution < 1.29 is 9.59 Å². The molecule has 0 aliphatic heterocycles. The van der Waals surface area contributed by atoms with Crippen LogP contribution in [-0.2, 0) is 7.05 Å². The van der Waals surface area contributed by atoms with Gasteiger partial charge in [0, 0.05) is 35.8 Å². The molecule has 4 N–H and O–H groups in total. The Bertz CT molecular complexity index is 1310. The summed E-state index contributed by atoms with van der Waals surface area (Å²) in [5.74, 6) is -0.367. The van der Waals surface area contributed by atoms with E-state index in [2.05, 4.69) is 20.4 Å². The number of pyridine rings is 1. The minimum absolute atomic E-state index is 0.242. The summed E-state index contributed by atoms with van der Waals surface area (Å²) >= 11 is 1.31. The zero-order chi connectivity index (χ0) is 21.0. The smallest absolute Gasteiger partial charge is 0.265 e. The molecule has 1 fully saturated rings. The van der Waals surface area contributed by atoms with Crippen molar-refractivity contribution in [2.45, 2.75) is 25.7 Å². The number of hydrogen-bond donors (Lipinski definition) is 3. The van der Waals surface area contributed by atoms with E-state index in [1.807, 2.05) is 25.4 Å². The quantitative estimate of drug-likeness (QED) is 0.456. The fourth-order valence-corrected chi connectivity index (χ4v) is 4.26. The second kappa shape index (κ2) is 6.77. The first kappa shape index (κ1) is 18.5. The highest BCUT2D eigenvalue weighted by molar-refractivity contribution is 7.14. The molecule has 4 aromatic heterocycles. The van der Waals surface area contributed by atoms with Gasteiger partial charge in [0.05, 0.1) is 22.3 Å². The molecule has 2 amide bonds. The number of hydrogen-bond acceptors (Lipinski definition) is 6. The number of anilines is 1. The maximum absolute atomic E-state index is 13.1. The molecule has 0 saturated heterocycles. The maximum atomic E-state index is 13.1. The number of fused-ring (bicyclic) bond motifs is 1. The second-order valence-corrected chi connectivity index (χ2v) is 8.29. The van der Waals surface area contributed by atoms with Crippen LogP contribution < -0.4 is 11.1 Å². The van der Waals surface area contributed by atoms with E-state index in [1.54, 1.807) is 16.9 Å². The lowest BCUT2D eigenvalue weighted by molar-refractivity contribution is 0.0994. The van der Waals surface area contributed by atoms with Gasteiger partial charge in [-0.2, -0.15) is 5.10 Å². The number of carbonyl (C=O) groups excluding carboxylic acids is 2. The van der Waals surface area contributed by atoms with Gasteiger partial charge in [0.15, 0.2) is 10.8 Å². The summed E-state index contributed by atoms with van der Waals surface area (Å²) in [5.41, 5.74) is 9.93. The molecule has 5 rings (SSSR count). The van der Waals surface area contributed by atoms with E-state index >= 15 is 0 Å². The van der Waals surface area contributed by atoms with Crippen LogP contribution in [0.15, 0.2) is 23.7 Å². The van der Waals surface area contributed by atoms with Crippen LogP contribution >= 0.6 is 11.3 Å². The van der Waals surface area contributed by atoms with E-state index in [0.29, 0.717) is 33.6 Å². The molecule has 0 atom stereocenters. The van der Waals surface area contributed by atoms with Gasteiger partial charge in [-0.05, 0) is 31.9 Å². The number of nitrogens with two attached hydrogens (primary N) is 1. The fourth-order valence-electron chi connectivity index (χ4n) is 3.54. The highest BCUT2D eigenvalue weighted by Gasteiger charge is 2.28. The monoisotopic (exact) mass is 421 g/mol. The number of primary amides is 1. The average Bonchev–Trinajstić information content (AvgIpc) is 3.13. The van der Waals surface area contributed by atoms with E-state index in [-0.39, 0.29) is 5.91 Å². The van der Waals surface area contributed by atoms with Crippen LogP contribution in [0.2, 0.25) is 0 Å². The number of carbonyl (C=O) groups is 2. The van der Waals surface area contributed by atoms with E-state index in [4.69, 9.17) is 10.7 Å². The summed E-state index contributed by atoms with van der Waals surface area (Å²) in [5, 5.41) is 10.4. The number of aryl methyl sites for hydroxylation is 2. The third-order valence-electron chi connectivity index (χ3n) is 5.20. The van der Waals surface area contributed by atoms with E-state index in [1.165, 1.54) is 11.3 Å². The van der Waals surface area contributed by atoms with Crippen LogP contribution in [0.3, 0.4) is 0 Å². The van der Waals surface area contributed by atoms with Gasteiger partial charge in [0.2, 0.25) is 0 Å². The van der Waals surface area contributed by atoms with E-state index < -0.39 is 5.91 Å². The minimum atomic E-state index is -0.537. The van der Waals surface area contributed by atoms with Gasteiger partial charge >= 0.3 is 0 Å². The minimum Gasteiger partial charge on any atom is -0.364 e. The Hall–Kier alpha value is -3.53. The van der Waals surface area contributed by atoms with Crippen molar-refractivity contribution in [3.05, 3.63) is 46.4 Å². The standard InChI is InChI=1S/C20H19N7O2S/c1-9-16-12(6-13(10-3-4-10)23-18(16)27(2)26-9)19(29)25-20-24-15(8-30-20)11-5-14(17(21)28)22-7-11/h5-8,10,22H,3-4H2,1-2H3,(H2,21,28)(H,24,25,29). The number of H-pyrrole nitrogens is 1. The molecule has 30 heavy (non-hydrogen) atoms. The first-order valence-electron chi connectivity index (χ1n) is 9.50. The zero-order valence-electron chi connectivity index (χ0n) is 16.4. The van der Waals surface area contributed by atoms with Crippen LogP contribution in [0.25, 0.3) is 22.3 Å². The summed E-state index contributed by atoms with van der Waals surface area (Å²) in [6.07, 6.45) is 3.85. The van der Waals surface area contributed by atoms with Gasteiger partial charge in [-0.1, -0.05) is 0 Å². The van der Waals surface area contributed by atoms with Crippen molar-refractivity contribution >= 4 is 39.3 Å². The molecule has 1 aliphatic rings. The Labute approximate surface area is 175 Å². The molecule has 0 spiro atoms. The number of nitrogens with zero attached hydrogens (tertiary/aromatic N) is 4. The summed E-state index contributed by atoms with van der Waals surface area (Å²) in [7, 11) is 1.84. The van der Waals surface area contributed by atoms with Gasteiger partial charge in [-0.25, -0.2) is 9.97 Å². The summed E-state index contributed by atoms with van der Waals surface area (Å²) in [4.78, 5) is 36.4. The number of rotatable bonds is 5. The third-order valence-corrected chi connectivity index (χ3v) is 5.96. The Kier molecular flexibility index (Phi) is 4.17. The SMILES string of the molecule is Cc1nn(C)c2nc(C3CC3)cc(C(=O)Nc3nc(-c4c[nH]c(C(N)=O)c4)cs3)c12. The van der Waals surface area contributed by atoms with Crippen molar-refractivity contribution in [3.8, 4) is 11.3 Å². The van der Waals surface area contributed by atoms with Gasteiger partial charge in [0.25, 0.3) is 11.8 Å². The fraction of sp³-hybridized carbons (Fsp3) is 0.250. The lowest BCUT2D eigenvalue weighted by Gasteiger charge is -2.07. The van der Waals surface area contributed by atoms with Gasteiger partial charge in [-0.15, -0.1) is 11.3 Å². The highest BCUT2D eigenvalue weighted by Crippen LogP contribution is 2.40. The average molecular weight is 421 g/mol. The Morgan fingerprint density at radius 3 is 2.80 bits per heavy atom. The van der Waals surface area contributed by atoms with Crippen molar-refractivity contribution in [1.82, 2.24) is 24.7 Å². The van der Waals surface area contributed by atoms with Gasteiger partial charge < -0.3 is 10.7 Å². The second-order valence-electron chi connectivity index (χ2n) is 7.43. The summed E-state index contributed by atoms with van der Waals surface area (Å²) in [6, 6.07) is 3.51. The molecule has 152 valence electrons. The largest absolute Gasteiger partial charge is 0.364 e. The maximum Gasteiger partial charge on any atom is 0.265 e. The van der Waals surface area contributed by atoms with Crippen LogP contribution in [0.1, 0.15) is 51.0 Å². The number of aromatic nitrogens is 5. The highest BCUT2D eigenvalue weighted by atomic mass is 32.1. The number of nitrogens with one attached hydrogen (secondary N) is 2. The van der Waals surface area contributed by atoms with E-state index in [0.717, 1.165) is 35.2 Å². The van der Waals surface area contributed by atoms with Crippen molar-refractivity contribution in [3.63, 3.8) is 0 Å². The number of thiazole rings is 1.